The molecule has 0 heterocycles. The number of benzene rings is 1. The summed E-state index contributed by atoms with van der Waals surface area (Å²) in [4.78, 5) is 0. The Bertz CT molecular complexity index is 236. The molecule has 2 nitrogen and oxygen atoms in total. The molecule has 0 aromatic heterocycles. The first-order chi connectivity index (χ1) is 5.20. The van der Waals surface area contributed by atoms with Crippen molar-refractivity contribution >= 4 is 0 Å². The lowest BCUT2D eigenvalue weighted by Gasteiger charge is -2.04. The fraction of sp³-hybridized carbons (Fsp3) is 0.333. The van der Waals surface area contributed by atoms with Crippen LogP contribution in [0.15, 0.2) is 24.3 Å². The van der Waals surface area contributed by atoms with Gasteiger partial charge < -0.3 is 11.9 Å². The molecule has 0 aliphatic rings. The molecular weight excluding hydrogens is 155 g/mol. The van der Waals surface area contributed by atoms with Gasteiger partial charge in [-0.15, -0.1) is 0 Å². The summed E-state index contributed by atoms with van der Waals surface area (Å²) in [6, 6.07) is 6.74. The summed E-state index contributed by atoms with van der Waals surface area (Å²) in [5, 5.41) is 0. The minimum Gasteiger partial charge on any atom is -0.344 e. The molecule has 1 rings (SSSR count). The molecule has 5 N–H and O–H groups in total. The zero-order valence-electron chi connectivity index (χ0n) is 7.26. The van der Waals surface area contributed by atoms with Crippen molar-refractivity contribution in [1.82, 2.24) is 6.15 Å². The van der Waals surface area contributed by atoms with Crippen LogP contribution in [0.25, 0.3) is 0 Å². The van der Waals surface area contributed by atoms with E-state index in [1.165, 1.54) is 6.07 Å². The maximum absolute atomic E-state index is 12.9. The van der Waals surface area contributed by atoms with Crippen molar-refractivity contribution in [3.63, 3.8) is 0 Å². The van der Waals surface area contributed by atoms with Crippen LogP contribution in [0.3, 0.4) is 0 Å². The predicted octanol–water partition coefficient (Wildman–Crippen LogP) is 1.88. The third-order valence-corrected chi connectivity index (χ3v) is 1.50. The smallest absolute Gasteiger partial charge is 0.126 e. The molecule has 1 aromatic carbocycles. The Morgan fingerprint density at radius 1 is 1.42 bits per heavy atom. The molecule has 1 aromatic rings. The van der Waals surface area contributed by atoms with Crippen LogP contribution in [-0.2, 0) is 6.42 Å². The van der Waals surface area contributed by atoms with Crippen molar-refractivity contribution in [3.05, 3.63) is 35.6 Å². The first-order valence-electron chi connectivity index (χ1n) is 3.69. The highest BCUT2D eigenvalue weighted by atomic mass is 19.1. The average molecular weight is 170 g/mol. The molecule has 0 saturated carbocycles. The summed E-state index contributed by atoms with van der Waals surface area (Å²) in [6.45, 7) is 1.87. The lowest BCUT2D eigenvalue weighted by Crippen LogP contribution is -2.18. The van der Waals surface area contributed by atoms with Gasteiger partial charge in [0.2, 0.25) is 0 Å². The molecule has 68 valence electrons. The van der Waals surface area contributed by atoms with Crippen LogP contribution < -0.4 is 11.9 Å². The van der Waals surface area contributed by atoms with Gasteiger partial charge in [-0.3, -0.25) is 0 Å². The molecule has 1 unspecified atom stereocenters. The second-order valence-electron chi connectivity index (χ2n) is 2.77. The molecule has 12 heavy (non-hydrogen) atoms. The van der Waals surface area contributed by atoms with E-state index in [2.05, 4.69) is 0 Å². The van der Waals surface area contributed by atoms with E-state index in [-0.39, 0.29) is 18.0 Å². The van der Waals surface area contributed by atoms with Gasteiger partial charge in [0, 0.05) is 6.04 Å². The van der Waals surface area contributed by atoms with Gasteiger partial charge in [0.15, 0.2) is 0 Å². The maximum atomic E-state index is 12.9. The number of hydrogen-bond donors (Lipinski definition) is 2. The van der Waals surface area contributed by atoms with E-state index in [0.717, 1.165) is 0 Å². The zero-order chi connectivity index (χ0) is 8.27. The van der Waals surface area contributed by atoms with E-state index in [0.29, 0.717) is 12.0 Å². The van der Waals surface area contributed by atoms with Gasteiger partial charge in [-0.1, -0.05) is 18.2 Å². The molecule has 3 heteroatoms. The fourth-order valence-electron chi connectivity index (χ4n) is 1.01. The molecule has 0 aliphatic heterocycles. The van der Waals surface area contributed by atoms with Crippen molar-refractivity contribution in [2.75, 3.05) is 0 Å². The van der Waals surface area contributed by atoms with Gasteiger partial charge in [0.25, 0.3) is 0 Å². The molecule has 1 atom stereocenters. The molecule has 0 bridgehead atoms. The fourth-order valence-corrected chi connectivity index (χ4v) is 1.01. The number of nitrogens with two attached hydrogens (primary N) is 1. The zero-order valence-corrected chi connectivity index (χ0v) is 7.26. The molecular formula is C9H15FN2. The Morgan fingerprint density at radius 2 is 2.00 bits per heavy atom. The third kappa shape index (κ3) is 2.98. The minimum absolute atomic E-state index is 0. The van der Waals surface area contributed by atoms with E-state index >= 15 is 0 Å². The van der Waals surface area contributed by atoms with Gasteiger partial charge in [0.1, 0.15) is 5.82 Å². The van der Waals surface area contributed by atoms with E-state index in [4.69, 9.17) is 5.73 Å². The average Bonchev–Trinajstić information content (AvgIpc) is 1.93. The second kappa shape index (κ2) is 4.85. The van der Waals surface area contributed by atoms with Crippen molar-refractivity contribution in [3.8, 4) is 0 Å². The van der Waals surface area contributed by atoms with Crippen molar-refractivity contribution in [1.29, 1.82) is 0 Å². The monoisotopic (exact) mass is 170 g/mol. The normalized spacial score (nSPS) is 11.9. The van der Waals surface area contributed by atoms with Crippen LogP contribution >= 0.6 is 0 Å². The molecule has 0 spiro atoms. The van der Waals surface area contributed by atoms with Crippen LogP contribution in [0.1, 0.15) is 12.5 Å². The molecule has 0 fully saturated rings. The summed E-state index contributed by atoms with van der Waals surface area (Å²) < 4.78 is 12.9. The summed E-state index contributed by atoms with van der Waals surface area (Å²) in [5.41, 5.74) is 6.22. The van der Waals surface area contributed by atoms with Gasteiger partial charge in [-0.2, -0.15) is 0 Å². The van der Waals surface area contributed by atoms with E-state index in [1.54, 1.807) is 12.1 Å². The summed E-state index contributed by atoms with van der Waals surface area (Å²) in [7, 11) is 0. The van der Waals surface area contributed by atoms with E-state index in [9.17, 15) is 4.39 Å². The van der Waals surface area contributed by atoms with Crippen molar-refractivity contribution in [2.45, 2.75) is 19.4 Å². The standard InChI is InChI=1S/C9H12FN.H3N/c1-7(11)6-8-4-2-3-5-9(8)10;/h2-5,7H,6,11H2,1H3;1H3. The molecule has 0 radical (unpaired) electrons. The van der Waals surface area contributed by atoms with Crippen molar-refractivity contribution in [2.24, 2.45) is 5.73 Å². The molecule has 0 saturated heterocycles. The Labute approximate surface area is 72.2 Å². The van der Waals surface area contributed by atoms with Gasteiger partial charge in [0.05, 0.1) is 0 Å². The summed E-state index contributed by atoms with van der Waals surface area (Å²) >= 11 is 0. The Hall–Kier alpha value is -0.930. The second-order valence-corrected chi connectivity index (χ2v) is 2.77. The SMILES string of the molecule is CC(N)Cc1ccccc1F.N. The van der Waals surface area contributed by atoms with E-state index < -0.39 is 0 Å². The van der Waals surface area contributed by atoms with Gasteiger partial charge in [-0.05, 0) is 25.0 Å². The van der Waals surface area contributed by atoms with Crippen LogP contribution in [-0.4, -0.2) is 6.04 Å². The summed E-state index contributed by atoms with van der Waals surface area (Å²) in [5.74, 6) is -0.162. The van der Waals surface area contributed by atoms with Crippen LogP contribution in [0.2, 0.25) is 0 Å². The van der Waals surface area contributed by atoms with Gasteiger partial charge in [-0.25, -0.2) is 4.39 Å². The number of rotatable bonds is 2. The van der Waals surface area contributed by atoms with Crippen LogP contribution in [0.4, 0.5) is 4.39 Å². The van der Waals surface area contributed by atoms with E-state index in [1.807, 2.05) is 13.0 Å². The highest BCUT2D eigenvalue weighted by Crippen LogP contribution is 2.07. The topological polar surface area (TPSA) is 61.0 Å². The third-order valence-electron chi connectivity index (χ3n) is 1.50. The Morgan fingerprint density at radius 3 is 2.50 bits per heavy atom. The minimum atomic E-state index is -0.162. The Balaban J connectivity index is 0.00000121. The number of hydrogen-bond acceptors (Lipinski definition) is 2. The highest BCUT2D eigenvalue weighted by Gasteiger charge is 2.01. The maximum Gasteiger partial charge on any atom is 0.126 e. The van der Waals surface area contributed by atoms with Crippen LogP contribution in [0.5, 0.6) is 0 Å². The Kier molecular flexibility index (Phi) is 4.47. The number of halogens is 1. The van der Waals surface area contributed by atoms with Gasteiger partial charge >= 0.3 is 0 Å². The molecule has 0 amide bonds. The quantitative estimate of drug-likeness (QED) is 0.711. The largest absolute Gasteiger partial charge is 0.344 e. The van der Waals surface area contributed by atoms with Crippen molar-refractivity contribution < 1.29 is 4.39 Å². The first kappa shape index (κ1) is 11.1. The predicted molar refractivity (Wildman–Crippen MR) is 48.8 cm³/mol. The summed E-state index contributed by atoms with van der Waals surface area (Å²) in [6.07, 6.45) is 0.604. The molecule has 0 aliphatic carbocycles. The first-order valence-corrected chi connectivity index (χ1v) is 3.69. The lowest BCUT2D eigenvalue weighted by atomic mass is 10.1. The van der Waals surface area contributed by atoms with Crippen LogP contribution in [0, 0.1) is 5.82 Å². The lowest BCUT2D eigenvalue weighted by molar-refractivity contribution is 0.596. The highest BCUT2D eigenvalue weighted by molar-refractivity contribution is 5.17.